The molecule has 2 aromatic rings. The summed E-state index contributed by atoms with van der Waals surface area (Å²) in [6, 6.07) is 17.2. The van der Waals surface area contributed by atoms with Crippen LogP contribution < -0.4 is 10.6 Å². The van der Waals surface area contributed by atoms with Crippen molar-refractivity contribution in [2.45, 2.75) is 38.5 Å². The van der Waals surface area contributed by atoms with Crippen LogP contribution in [0.25, 0.3) is 0 Å². The zero-order chi connectivity index (χ0) is 15.0. The van der Waals surface area contributed by atoms with Crippen molar-refractivity contribution in [2.24, 2.45) is 0 Å². The number of benzene rings is 2. The Morgan fingerprint density at radius 1 is 0.545 bits per heavy atom. The standard InChI is InChI=1S/2C10H13N/c2*1-2-7-10-9(5-1)6-3-4-8-11-10/h2*1-2,5,7,11H,3-4,6,8H2. The lowest BCUT2D eigenvalue weighted by atomic mass is 10.1. The molecular weight excluding hydrogens is 268 g/mol. The summed E-state index contributed by atoms with van der Waals surface area (Å²) in [5.41, 5.74) is 5.63. The van der Waals surface area contributed by atoms with Crippen molar-refractivity contribution in [1.29, 1.82) is 0 Å². The largest absolute Gasteiger partial charge is 0.385 e. The Balaban J connectivity index is 0.000000131. The quantitative estimate of drug-likeness (QED) is 0.724. The van der Waals surface area contributed by atoms with Gasteiger partial charge in [0.1, 0.15) is 0 Å². The minimum atomic E-state index is 1.14. The summed E-state index contributed by atoms with van der Waals surface area (Å²) in [5, 5.41) is 6.85. The van der Waals surface area contributed by atoms with Gasteiger partial charge in [-0.2, -0.15) is 0 Å². The van der Waals surface area contributed by atoms with Crippen molar-refractivity contribution < 1.29 is 0 Å². The third-order valence-electron chi connectivity index (χ3n) is 4.41. The van der Waals surface area contributed by atoms with E-state index >= 15 is 0 Å². The second-order valence-electron chi connectivity index (χ2n) is 6.08. The van der Waals surface area contributed by atoms with Gasteiger partial charge in [0.15, 0.2) is 0 Å². The SMILES string of the molecule is c1ccc2c(c1)CCCCN2.c1ccc2c(c1)CCCCN2. The first-order valence-electron chi connectivity index (χ1n) is 8.57. The molecule has 2 aromatic carbocycles. The maximum atomic E-state index is 3.43. The molecule has 2 heteroatoms. The van der Waals surface area contributed by atoms with Crippen LogP contribution in [0, 0.1) is 0 Å². The van der Waals surface area contributed by atoms with E-state index in [0.29, 0.717) is 0 Å². The van der Waals surface area contributed by atoms with E-state index in [1.54, 1.807) is 0 Å². The monoisotopic (exact) mass is 294 g/mol. The molecule has 0 fully saturated rings. The highest BCUT2D eigenvalue weighted by molar-refractivity contribution is 5.52. The fourth-order valence-corrected chi connectivity index (χ4v) is 3.15. The molecule has 0 aromatic heterocycles. The van der Waals surface area contributed by atoms with Gasteiger partial charge in [0.2, 0.25) is 0 Å². The topological polar surface area (TPSA) is 24.1 Å². The Hall–Kier alpha value is -1.96. The van der Waals surface area contributed by atoms with E-state index in [2.05, 4.69) is 59.2 Å². The predicted octanol–water partition coefficient (Wildman–Crippen LogP) is 4.87. The number of para-hydroxylation sites is 2. The van der Waals surface area contributed by atoms with E-state index in [-0.39, 0.29) is 0 Å². The molecule has 0 radical (unpaired) electrons. The van der Waals surface area contributed by atoms with Crippen LogP contribution >= 0.6 is 0 Å². The van der Waals surface area contributed by atoms with Gasteiger partial charge < -0.3 is 10.6 Å². The van der Waals surface area contributed by atoms with E-state index in [1.807, 2.05) is 0 Å². The van der Waals surface area contributed by atoms with Crippen LogP contribution in [0.5, 0.6) is 0 Å². The van der Waals surface area contributed by atoms with Crippen LogP contribution in [-0.2, 0) is 12.8 Å². The van der Waals surface area contributed by atoms with Gasteiger partial charge in [0, 0.05) is 24.5 Å². The molecule has 2 heterocycles. The number of fused-ring (bicyclic) bond motifs is 2. The van der Waals surface area contributed by atoms with Gasteiger partial charge in [-0.3, -0.25) is 0 Å². The van der Waals surface area contributed by atoms with E-state index < -0.39 is 0 Å². The highest BCUT2D eigenvalue weighted by atomic mass is 14.9. The summed E-state index contributed by atoms with van der Waals surface area (Å²) in [6.45, 7) is 2.27. The van der Waals surface area contributed by atoms with E-state index in [9.17, 15) is 0 Å². The third-order valence-corrected chi connectivity index (χ3v) is 4.41. The molecular formula is C20H26N2. The highest BCUT2D eigenvalue weighted by Gasteiger charge is 2.05. The summed E-state index contributed by atoms with van der Waals surface area (Å²) >= 11 is 0. The first-order valence-corrected chi connectivity index (χ1v) is 8.57. The average Bonchev–Trinajstić information content (AvgIpc) is 2.95. The maximum absolute atomic E-state index is 3.43. The molecule has 22 heavy (non-hydrogen) atoms. The molecule has 0 spiro atoms. The van der Waals surface area contributed by atoms with Gasteiger partial charge in [-0.05, 0) is 61.8 Å². The second-order valence-corrected chi connectivity index (χ2v) is 6.08. The number of hydrogen-bond acceptors (Lipinski definition) is 2. The first kappa shape index (κ1) is 15.0. The molecule has 0 saturated carbocycles. The van der Waals surface area contributed by atoms with Crippen molar-refractivity contribution in [3.8, 4) is 0 Å². The Bertz CT molecular complexity index is 488. The number of nitrogens with one attached hydrogen (secondary N) is 2. The first-order chi connectivity index (χ1) is 10.9. The molecule has 0 bridgehead atoms. The Morgan fingerprint density at radius 2 is 1.00 bits per heavy atom. The lowest BCUT2D eigenvalue weighted by Crippen LogP contribution is -1.98. The van der Waals surface area contributed by atoms with Crippen LogP contribution in [0.1, 0.15) is 36.8 Å². The number of hydrogen-bond donors (Lipinski definition) is 2. The van der Waals surface area contributed by atoms with Crippen molar-refractivity contribution in [2.75, 3.05) is 23.7 Å². The normalized spacial score (nSPS) is 16.4. The molecule has 4 rings (SSSR count). The van der Waals surface area contributed by atoms with Crippen molar-refractivity contribution in [3.63, 3.8) is 0 Å². The molecule has 0 aliphatic carbocycles. The molecule has 116 valence electrons. The Morgan fingerprint density at radius 3 is 1.50 bits per heavy atom. The van der Waals surface area contributed by atoms with Crippen LogP contribution in [0.4, 0.5) is 11.4 Å². The lowest BCUT2D eigenvalue weighted by molar-refractivity contribution is 0.785. The summed E-state index contributed by atoms with van der Waals surface area (Å²) in [4.78, 5) is 0. The zero-order valence-electron chi connectivity index (χ0n) is 13.3. The van der Waals surface area contributed by atoms with Gasteiger partial charge in [0.25, 0.3) is 0 Å². The van der Waals surface area contributed by atoms with Gasteiger partial charge in [-0.1, -0.05) is 36.4 Å². The molecule has 0 saturated heterocycles. The van der Waals surface area contributed by atoms with Gasteiger partial charge in [-0.15, -0.1) is 0 Å². The molecule has 2 aliphatic rings. The highest BCUT2D eigenvalue weighted by Crippen LogP contribution is 2.20. The fraction of sp³-hybridized carbons (Fsp3) is 0.400. The fourth-order valence-electron chi connectivity index (χ4n) is 3.15. The lowest BCUT2D eigenvalue weighted by Gasteiger charge is -2.04. The van der Waals surface area contributed by atoms with Crippen LogP contribution in [0.3, 0.4) is 0 Å². The summed E-state index contributed by atoms with van der Waals surface area (Å²) in [5.74, 6) is 0. The van der Waals surface area contributed by atoms with Crippen molar-refractivity contribution in [1.82, 2.24) is 0 Å². The summed E-state index contributed by atoms with van der Waals surface area (Å²) in [7, 11) is 0. The minimum Gasteiger partial charge on any atom is -0.385 e. The molecule has 0 amide bonds. The molecule has 0 atom stereocenters. The predicted molar refractivity (Wildman–Crippen MR) is 95.7 cm³/mol. The van der Waals surface area contributed by atoms with E-state index in [1.165, 1.54) is 61.0 Å². The molecule has 2 N–H and O–H groups in total. The van der Waals surface area contributed by atoms with Crippen molar-refractivity contribution in [3.05, 3.63) is 59.7 Å². The second kappa shape index (κ2) is 7.88. The average molecular weight is 294 g/mol. The van der Waals surface area contributed by atoms with E-state index in [0.717, 1.165) is 13.1 Å². The van der Waals surface area contributed by atoms with Crippen LogP contribution in [-0.4, -0.2) is 13.1 Å². The maximum Gasteiger partial charge on any atom is 0.0372 e. The Kier molecular flexibility index (Phi) is 5.36. The zero-order valence-corrected chi connectivity index (χ0v) is 13.3. The third kappa shape index (κ3) is 4.03. The summed E-state index contributed by atoms with van der Waals surface area (Å²) in [6.07, 6.45) is 7.73. The van der Waals surface area contributed by atoms with Gasteiger partial charge in [0.05, 0.1) is 0 Å². The summed E-state index contributed by atoms with van der Waals surface area (Å²) < 4.78 is 0. The number of anilines is 2. The van der Waals surface area contributed by atoms with Gasteiger partial charge >= 0.3 is 0 Å². The minimum absolute atomic E-state index is 1.14. The Labute approximate surface area is 134 Å². The van der Waals surface area contributed by atoms with Crippen molar-refractivity contribution >= 4 is 11.4 Å². The molecule has 2 nitrogen and oxygen atoms in total. The van der Waals surface area contributed by atoms with E-state index in [4.69, 9.17) is 0 Å². The molecule has 2 aliphatic heterocycles. The number of aryl methyl sites for hydroxylation is 2. The smallest absolute Gasteiger partial charge is 0.0372 e. The molecule has 0 unspecified atom stereocenters. The number of rotatable bonds is 0. The van der Waals surface area contributed by atoms with Crippen LogP contribution in [0.15, 0.2) is 48.5 Å². The van der Waals surface area contributed by atoms with Crippen LogP contribution in [0.2, 0.25) is 0 Å². The van der Waals surface area contributed by atoms with Gasteiger partial charge in [-0.25, -0.2) is 0 Å².